The first-order valence-electron chi connectivity index (χ1n) is 5.89. The zero-order valence-electron chi connectivity index (χ0n) is 11.1. The van der Waals surface area contributed by atoms with Crippen LogP contribution in [-0.2, 0) is 11.3 Å². The lowest BCUT2D eigenvalue weighted by atomic mass is 10.4. The van der Waals surface area contributed by atoms with Crippen molar-refractivity contribution < 1.29 is 9.53 Å². The second-order valence-corrected chi connectivity index (χ2v) is 5.13. The summed E-state index contributed by atoms with van der Waals surface area (Å²) in [7, 11) is 1.37. The Kier molecular flexibility index (Phi) is 4.16. The van der Waals surface area contributed by atoms with E-state index in [2.05, 4.69) is 15.4 Å². The molecule has 102 valence electrons. The number of rotatable bonds is 5. The maximum Gasteiger partial charge on any atom is 0.350 e. The van der Waals surface area contributed by atoms with Crippen LogP contribution in [0.4, 0.5) is 5.13 Å². The van der Waals surface area contributed by atoms with E-state index in [4.69, 9.17) is 4.74 Å². The van der Waals surface area contributed by atoms with Gasteiger partial charge in [0.15, 0.2) is 5.13 Å². The molecule has 0 spiro atoms. The number of methoxy groups -OCH3 is 1. The molecule has 0 fully saturated rings. The fraction of sp³-hybridized carbons (Fsp3) is 0.417. The van der Waals surface area contributed by atoms with Gasteiger partial charge >= 0.3 is 5.97 Å². The fourth-order valence-corrected chi connectivity index (χ4v) is 2.53. The molecule has 0 unspecified atom stereocenters. The Morgan fingerprint density at radius 2 is 2.32 bits per heavy atom. The number of aromatic nitrogens is 3. The van der Waals surface area contributed by atoms with Gasteiger partial charge in [-0.3, -0.25) is 4.68 Å². The van der Waals surface area contributed by atoms with Crippen molar-refractivity contribution in [1.29, 1.82) is 0 Å². The Morgan fingerprint density at radius 3 is 2.95 bits per heavy atom. The van der Waals surface area contributed by atoms with E-state index < -0.39 is 0 Å². The average molecular weight is 280 g/mol. The van der Waals surface area contributed by atoms with Crippen LogP contribution in [0.15, 0.2) is 12.4 Å². The van der Waals surface area contributed by atoms with Crippen molar-refractivity contribution in [1.82, 2.24) is 14.8 Å². The molecule has 2 rings (SSSR count). The highest BCUT2D eigenvalue weighted by Crippen LogP contribution is 2.22. The second-order valence-electron chi connectivity index (χ2n) is 4.13. The minimum Gasteiger partial charge on any atom is -0.465 e. The summed E-state index contributed by atoms with van der Waals surface area (Å²) in [6.45, 7) is 5.25. The fourth-order valence-electron chi connectivity index (χ4n) is 1.62. The number of nitrogens with one attached hydrogen (secondary N) is 1. The molecule has 2 aromatic heterocycles. The van der Waals surface area contributed by atoms with Crippen LogP contribution in [0.1, 0.15) is 20.9 Å². The molecule has 7 heteroatoms. The van der Waals surface area contributed by atoms with E-state index in [0.717, 1.165) is 17.2 Å². The summed E-state index contributed by atoms with van der Waals surface area (Å²) in [4.78, 5) is 16.3. The van der Waals surface area contributed by atoms with Crippen LogP contribution < -0.4 is 5.32 Å². The first-order chi connectivity index (χ1) is 9.10. The van der Waals surface area contributed by atoms with Gasteiger partial charge in [0.1, 0.15) is 4.88 Å². The first-order valence-corrected chi connectivity index (χ1v) is 6.70. The molecule has 0 saturated heterocycles. The van der Waals surface area contributed by atoms with Gasteiger partial charge in [-0.1, -0.05) is 11.3 Å². The number of aryl methyl sites for hydroxylation is 2. The molecular formula is C12H16N4O2S. The SMILES string of the molecule is COC(=O)c1sc(NCCn2cc(C)cn2)nc1C. The largest absolute Gasteiger partial charge is 0.465 e. The molecule has 1 N–H and O–H groups in total. The van der Waals surface area contributed by atoms with E-state index in [1.165, 1.54) is 18.4 Å². The summed E-state index contributed by atoms with van der Waals surface area (Å²) in [5, 5.41) is 8.10. The molecule has 0 radical (unpaired) electrons. The first kappa shape index (κ1) is 13.5. The van der Waals surface area contributed by atoms with Gasteiger partial charge < -0.3 is 10.1 Å². The van der Waals surface area contributed by atoms with Gasteiger partial charge in [0.05, 0.1) is 25.5 Å². The molecule has 0 atom stereocenters. The molecule has 0 saturated carbocycles. The van der Waals surface area contributed by atoms with E-state index in [1.54, 1.807) is 6.92 Å². The van der Waals surface area contributed by atoms with Crippen LogP contribution in [-0.4, -0.2) is 34.4 Å². The third-order valence-electron chi connectivity index (χ3n) is 2.55. The Hall–Kier alpha value is -1.89. The third-order valence-corrected chi connectivity index (χ3v) is 3.64. The summed E-state index contributed by atoms with van der Waals surface area (Å²) in [6.07, 6.45) is 3.80. The van der Waals surface area contributed by atoms with Gasteiger partial charge in [0, 0.05) is 12.7 Å². The third kappa shape index (κ3) is 3.31. The number of thiazole rings is 1. The van der Waals surface area contributed by atoms with Crippen molar-refractivity contribution in [2.24, 2.45) is 0 Å². The summed E-state index contributed by atoms with van der Waals surface area (Å²) >= 11 is 1.31. The molecule has 0 aliphatic heterocycles. The van der Waals surface area contributed by atoms with Gasteiger partial charge in [-0.25, -0.2) is 9.78 Å². The molecule has 0 bridgehead atoms. The summed E-state index contributed by atoms with van der Waals surface area (Å²) in [5.74, 6) is -0.342. The Morgan fingerprint density at radius 1 is 1.53 bits per heavy atom. The highest BCUT2D eigenvalue weighted by Gasteiger charge is 2.15. The Balaban J connectivity index is 1.91. The second kappa shape index (κ2) is 5.83. The van der Waals surface area contributed by atoms with Gasteiger partial charge in [-0.2, -0.15) is 5.10 Å². The van der Waals surface area contributed by atoms with Crippen molar-refractivity contribution in [3.63, 3.8) is 0 Å². The number of ether oxygens (including phenoxy) is 1. The topological polar surface area (TPSA) is 69.0 Å². The Bertz CT molecular complexity index is 576. The summed E-state index contributed by atoms with van der Waals surface area (Å²) in [5.41, 5.74) is 1.83. The lowest BCUT2D eigenvalue weighted by Gasteiger charge is -2.02. The quantitative estimate of drug-likeness (QED) is 0.847. The molecule has 0 amide bonds. The lowest BCUT2D eigenvalue weighted by Crippen LogP contribution is -2.10. The van der Waals surface area contributed by atoms with Crippen molar-refractivity contribution in [3.8, 4) is 0 Å². The van der Waals surface area contributed by atoms with E-state index >= 15 is 0 Å². The highest BCUT2D eigenvalue weighted by molar-refractivity contribution is 7.17. The van der Waals surface area contributed by atoms with Crippen molar-refractivity contribution in [2.45, 2.75) is 20.4 Å². The lowest BCUT2D eigenvalue weighted by molar-refractivity contribution is 0.0605. The van der Waals surface area contributed by atoms with Crippen LogP contribution in [0.25, 0.3) is 0 Å². The number of hydrogen-bond acceptors (Lipinski definition) is 6. The molecule has 2 aromatic rings. The van der Waals surface area contributed by atoms with Gasteiger partial charge in [0.25, 0.3) is 0 Å². The van der Waals surface area contributed by atoms with E-state index in [-0.39, 0.29) is 5.97 Å². The number of nitrogens with zero attached hydrogens (tertiary/aromatic N) is 3. The van der Waals surface area contributed by atoms with E-state index in [1.807, 2.05) is 24.0 Å². The number of carbonyl (C=O) groups is 1. The number of hydrogen-bond donors (Lipinski definition) is 1. The minimum atomic E-state index is -0.342. The van der Waals surface area contributed by atoms with Crippen LogP contribution >= 0.6 is 11.3 Å². The van der Waals surface area contributed by atoms with Crippen LogP contribution in [0.2, 0.25) is 0 Å². The van der Waals surface area contributed by atoms with Gasteiger partial charge in [0.2, 0.25) is 0 Å². The maximum atomic E-state index is 11.5. The van der Waals surface area contributed by atoms with Gasteiger partial charge in [-0.15, -0.1) is 0 Å². The molecule has 19 heavy (non-hydrogen) atoms. The number of carbonyl (C=O) groups excluding carboxylic acids is 1. The summed E-state index contributed by atoms with van der Waals surface area (Å²) < 4.78 is 6.56. The smallest absolute Gasteiger partial charge is 0.350 e. The number of anilines is 1. The molecule has 6 nitrogen and oxygen atoms in total. The predicted octanol–water partition coefficient (Wildman–Crippen LogP) is 1.86. The maximum absolute atomic E-state index is 11.5. The van der Waals surface area contributed by atoms with Crippen LogP contribution in [0.5, 0.6) is 0 Å². The monoisotopic (exact) mass is 280 g/mol. The highest BCUT2D eigenvalue weighted by atomic mass is 32.1. The molecule has 0 aliphatic carbocycles. The van der Waals surface area contributed by atoms with Crippen LogP contribution in [0.3, 0.4) is 0 Å². The van der Waals surface area contributed by atoms with Gasteiger partial charge in [-0.05, 0) is 19.4 Å². The molecule has 0 aliphatic rings. The predicted molar refractivity (Wildman–Crippen MR) is 73.6 cm³/mol. The summed E-state index contributed by atoms with van der Waals surface area (Å²) in [6, 6.07) is 0. The standard InChI is InChI=1S/C12H16N4O2S/c1-8-6-14-16(7-8)5-4-13-12-15-9(2)10(19-12)11(17)18-3/h6-7H,4-5H2,1-3H3,(H,13,15). The minimum absolute atomic E-state index is 0.342. The van der Waals surface area contributed by atoms with Crippen molar-refractivity contribution >= 4 is 22.4 Å². The Labute approximate surface area is 115 Å². The normalized spacial score (nSPS) is 10.5. The molecule has 0 aromatic carbocycles. The van der Waals surface area contributed by atoms with Crippen molar-refractivity contribution in [3.05, 3.63) is 28.5 Å². The van der Waals surface area contributed by atoms with E-state index in [9.17, 15) is 4.79 Å². The van der Waals surface area contributed by atoms with Crippen LogP contribution in [0, 0.1) is 13.8 Å². The molecule has 2 heterocycles. The molecular weight excluding hydrogens is 264 g/mol. The zero-order chi connectivity index (χ0) is 13.8. The van der Waals surface area contributed by atoms with Crippen molar-refractivity contribution in [2.75, 3.05) is 19.0 Å². The zero-order valence-corrected chi connectivity index (χ0v) is 12.0. The average Bonchev–Trinajstić information content (AvgIpc) is 2.95. The number of esters is 1. The van der Waals surface area contributed by atoms with E-state index in [0.29, 0.717) is 17.1 Å².